The Labute approximate surface area is 233 Å². The lowest BCUT2D eigenvalue weighted by atomic mass is 10.0. The van der Waals surface area contributed by atoms with Gasteiger partial charge in [-0.15, -0.1) is 11.3 Å². The molecule has 4 aromatic heterocycles. The zero-order chi connectivity index (χ0) is 28.0. The van der Waals surface area contributed by atoms with Gasteiger partial charge in [0.2, 0.25) is 0 Å². The third-order valence-corrected chi connectivity index (χ3v) is 8.20. The van der Waals surface area contributed by atoms with Crippen molar-refractivity contribution in [3.8, 4) is 16.9 Å². The summed E-state index contributed by atoms with van der Waals surface area (Å²) in [7, 11) is 0. The fraction of sp³-hybridized carbons (Fsp3) is 0.276. The summed E-state index contributed by atoms with van der Waals surface area (Å²) >= 11 is 1.73. The average Bonchev–Trinajstić information content (AvgIpc) is 3.72. The molecule has 1 atom stereocenters. The first-order valence-electron chi connectivity index (χ1n) is 13.2. The van der Waals surface area contributed by atoms with E-state index < -0.39 is 11.8 Å². The fourth-order valence-corrected chi connectivity index (χ4v) is 6.06. The van der Waals surface area contributed by atoms with Crippen LogP contribution in [0.3, 0.4) is 0 Å². The molecule has 9 nitrogen and oxygen atoms in total. The van der Waals surface area contributed by atoms with Crippen molar-refractivity contribution in [3.63, 3.8) is 0 Å². The van der Waals surface area contributed by atoms with Gasteiger partial charge in [0.15, 0.2) is 5.65 Å². The number of hydrogen-bond donors (Lipinski definition) is 0. The first-order chi connectivity index (χ1) is 19.4. The molecule has 0 spiro atoms. The Balaban J connectivity index is 1.31. The topological polar surface area (TPSA) is 94.6 Å². The van der Waals surface area contributed by atoms with Crippen LogP contribution in [0, 0.1) is 5.82 Å². The molecule has 0 bridgehead atoms. The lowest BCUT2D eigenvalue weighted by Gasteiger charge is -2.33. The maximum atomic E-state index is 15.3. The van der Waals surface area contributed by atoms with Crippen LogP contribution in [0.4, 0.5) is 4.39 Å². The average molecular weight is 559 g/mol. The number of aromatic nitrogens is 5. The van der Waals surface area contributed by atoms with E-state index in [0.717, 1.165) is 12.1 Å². The zero-order valence-electron chi connectivity index (χ0n) is 22.3. The molecule has 0 fully saturated rings. The maximum Gasteiger partial charge on any atom is 0.341 e. The predicted molar refractivity (Wildman–Crippen MR) is 148 cm³/mol. The molecule has 204 valence electrons. The first kappa shape index (κ1) is 25.9. The lowest BCUT2D eigenvalue weighted by molar-refractivity contribution is 0.0526. The van der Waals surface area contributed by atoms with Gasteiger partial charge in [0, 0.05) is 41.0 Å². The smallest absolute Gasteiger partial charge is 0.341 e. The third kappa shape index (κ3) is 4.45. The Morgan fingerprint density at radius 1 is 1.18 bits per heavy atom. The summed E-state index contributed by atoms with van der Waals surface area (Å²) in [5.74, 6) is -1.11. The molecule has 1 amide bonds. The van der Waals surface area contributed by atoms with Crippen LogP contribution in [0.2, 0.25) is 0 Å². The highest BCUT2D eigenvalue weighted by Gasteiger charge is 2.30. The van der Waals surface area contributed by atoms with Gasteiger partial charge in [0.1, 0.15) is 11.5 Å². The van der Waals surface area contributed by atoms with Gasteiger partial charge in [0.25, 0.3) is 5.91 Å². The van der Waals surface area contributed by atoms with E-state index in [9.17, 15) is 9.59 Å². The summed E-state index contributed by atoms with van der Waals surface area (Å²) in [5.41, 5.74) is 4.26. The predicted octanol–water partition coefficient (Wildman–Crippen LogP) is 5.28. The van der Waals surface area contributed by atoms with Crippen molar-refractivity contribution < 1.29 is 18.7 Å². The lowest BCUT2D eigenvalue weighted by Crippen LogP contribution is -2.38. The second-order valence-corrected chi connectivity index (χ2v) is 10.6. The molecule has 5 aromatic rings. The molecule has 40 heavy (non-hydrogen) atoms. The van der Waals surface area contributed by atoms with Gasteiger partial charge in [-0.25, -0.2) is 23.4 Å². The first-order valence-corrected chi connectivity index (χ1v) is 14.0. The van der Waals surface area contributed by atoms with Crippen LogP contribution in [0.5, 0.6) is 0 Å². The number of esters is 1. The largest absolute Gasteiger partial charge is 0.462 e. The Bertz CT molecular complexity index is 1760. The third-order valence-electron chi connectivity index (χ3n) is 7.21. The molecular weight excluding hydrogens is 531 g/mol. The fourth-order valence-electron chi connectivity index (χ4n) is 5.10. The Hall–Kier alpha value is -4.38. The molecule has 0 saturated carbocycles. The van der Waals surface area contributed by atoms with Crippen LogP contribution in [0.15, 0.2) is 54.2 Å². The van der Waals surface area contributed by atoms with Gasteiger partial charge in [-0.3, -0.25) is 4.79 Å². The number of amides is 1. The Morgan fingerprint density at radius 3 is 2.80 bits per heavy atom. The maximum absolute atomic E-state index is 15.3. The molecule has 11 heteroatoms. The minimum Gasteiger partial charge on any atom is -0.462 e. The van der Waals surface area contributed by atoms with Gasteiger partial charge in [-0.05, 0) is 61.9 Å². The highest BCUT2D eigenvalue weighted by atomic mass is 32.1. The van der Waals surface area contributed by atoms with Crippen LogP contribution < -0.4 is 0 Å². The summed E-state index contributed by atoms with van der Waals surface area (Å²) in [6.45, 7) is 6.65. The molecule has 1 aliphatic rings. The van der Waals surface area contributed by atoms with Crippen LogP contribution in [-0.4, -0.2) is 54.3 Å². The number of nitrogens with zero attached hydrogens (tertiary/aromatic N) is 6. The molecule has 0 radical (unpaired) electrons. The number of carbonyl (C=O) groups excluding carboxylic acids is 2. The molecular formula is C29H27FN6O3S. The van der Waals surface area contributed by atoms with Crippen molar-refractivity contribution in [2.45, 2.75) is 39.7 Å². The second kappa shape index (κ2) is 10.3. The SMILES string of the molecule is CCOC(=O)c1cnn(-c2ccc(-c3cc4nc(C(=O)N5CCc6sccc6[C@H]5C)cc(CC)n4n3)c(F)c2)c1. The van der Waals surface area contributed by atoms with Crippen molar-refractivity contribution >= 4 is 28.9 Å². The summed E-state index contributed by atoms with van der Waals surface area (Å²) in [4.78, 5) is 33.4. The summed E-state index contributed by atoms with van der Waals surface area (Å²) in [5, 5.41) is 10.9. The molecule has 0 aliphatic carbocycles. The normalized spacial score (nSPS) is 14.9. The number of benzene rings is 1. The molecule has 1 aliphatic heterocycles. The molecule has 1 aromatic carbocycles. The minimum absolute atomic E-state index is 0.0261. The van der Waals surface area contributed by atoms with E-state index >= 15 is 4.39 Å². The van der Waals surface area contributed by atoms with Crippen molar-refractivity contribution in [3.05, 3.63) is 87.4 Å². The number of thiophene rings is 1. The van der Waals surface area contributed by atoms with Crippen LogP contribution in [-0.2, 0) is 17.6 Å². The number of ether oxygens (including phenoxy) is 1. The van der Waals surface area contributed by atoms with Gasteiger partial charge < -0.3 is 9.64 Å². The van der Waals surface area contributed by atoms with E-state index in [1.807, 2.05) is 18.7 Å². The number of hydrogen-bond acceptors (Lipinski definition) is 7. The van der Waals surface area contributed by atoms with Crippen molar-refractivity contribution in [2.75, 3.05) is 13.2 Å². The molecule has 5 heterocycles. The zero-order valence-corrected chi connectivity index (χ0v) is 23.1. The van der Waals surface area contributed by atoms with Crippen molar-refractivity contribution in [2.24, 2.45) is 0 Å². The number of halogens is 1. The highest BCUT2D eigenvalue weighted by Crippen LogP contribution is 2.34. The van der Waals surface area contributed by atoms with Crippen molar-refractivity contribution in [1.82, 2.24) is 29.3 Å². The number of rotatable bonds is 6. The quantitative estimate of drug-likeness (QED) is 0.263. The van der Waals surface area contributed by atoms with E-state index in [4.69, 9.17) is 4.74 Å². The second-order valence-electron chi connectivity index (χ2n) is 9.57. The molecule has 0 saturated heterocycles. The van der Waals surface area contributed by atoms with Crippen LogP contribution >= 0.6 is 11.3 Å². The number of carbonyl (C=O) groups is 2. The van der Waals surface area contributed by atoms with E-state index in [1.54, 1.807) is 47.0 Å². The minimum atomic E-state index is -0.503. The van der Waals surface area contributed by atoms with Gasteiger partial charge in [-0.2, -0.15) is 10.2 Å². The summed E-state index contributed by atoms with van der Waals surface area (Å²) in [6.07, 6.45) is 4.33. The van der Waals surface area contributed by atoms with Gasteiger partial charge in [-0.1, -0.05) is 6.92 Å². The highest BCUT2D eigenvalue weighted by molar-refractivity contribution is 7.10. The number of fused-ring (bicyclic) bond motifs is 2. The van der Waals surface area contributed by atoms with E-state index in [0.29, 0.717) is 35.7 Å². The van der Waals surface area contributed by atoms with Crippen molar-refractivity contribution in [1.29, 1.82) is 0 Å². The summed E-state index contributed by atoms with van der Waals surface area (Å²) < 4.78 is 23.4. The molecule has 0 N–H and O–H groups in total. The van der Waals surface area contributed by atoms with Gasteiger partial charge >= 0.3 is 5.97 Å². The monoisotopic (exact) mass is 558 g/mol. The molecule has 6 rings (SSSR count). The standard InChI is InChI=1S/C29H27FN6O3S/c1-4-19-13-25(28(37)34-10-8-26-21(17(34)3)9-11-40-26)32-27-14-24(33-36(19)27)22-7-6-20(12-23(22)30)35-16-18(15-31-35)29(38)39-5-2/h6-7,9,11-17H,4-5,8,10H2,1-3H3/t17-/m1/s1. The van der Waals surface area contributed by atoms with E-state index in [1.165, 1.54) is 33.6 Å². The molecule has 0 unspecified atom stereocenters. The Kier molecular flexibility index (Phi) is 6.67. The van der Waals surface area contributed by atoms with E-state index in [-0.39, 0.29) is 29.7 Å². The van der Waals surface area contributed by atoms with E-state index in [2.05, 4.69) is 26.6 Å². The van der Waals surface area contributed by atoms with Gasteiger partial charge in [0.05, 0.1) is 35.8 Å². The Morgan fingerprint density at radius 2 is 2.02 bits per heavy atom. The van der Waals surface area contributed by atoms with Crippen LogP contribution in [0.25, 0.3) is 22.6 Å². The van der Waals surface area contributed by atoms with Crippen LogP contribution in [0.1, 0.15) is 63.8 Å². The summed E-state index contributed by atoms with van der Waals surface area (Å²) in [6, 6.07) is 10.2. The number of aryl methyl sites for hydroxylation is 1.